The summed E-state index contributed by atoms with van der Waals surface area (Å²) in [5, 5.41) is 0. The molecular formula is C67H49BN4. The monoisotopic (exact) mass is 920 g/mol. The highest BCUT2D eigenvalue weighted by molar-refractivity contribution is 6.99. The van der Waals surface area contributed by atoms with Crippen molar-refractivity contribution < 1.29 is 0 Å². The summed E-state index contributed by atoms with van der Waals surface area (Å²) in [6, 6.07) is 73.1. The predicted molar refractivity (Wildman–Crippen MR) is 297 cm³/mol. The van der Waals surface area contributed by atoms with Crippen molar-refractivity contribution in [2.24, 2.45) is 0 Å². The summed E-state index contributed by atoms with van der Waals surface area (Å²) in [5.74, 6) is 2.20. The first-order chi connectivity index (χ1) is 35.5. The fourth-order valence-corrected chi connectivity index (χ4v) is 13.5. The Hall–Kier alpha value is -8.41. The van der Waals surface area contributed by atoms with Crippen molar-refractivity contribution in [1.29, 1.82) is 0 Å². The van der Waals surface area contributed by atoms with Gasteiger partial charge in [0.15, 0.2) is 17.5 Å². The summed E-state index contributed by atoms with van der Waals surface area (Å²) >= 11 is 0. The molecule has 1 atom stereocenters. The van der Waals surface area contributed by atoms with E-state index < -0.39 is 5.41 Å². The number of hydrogen-bond acceptors (Lipinski definition) is 4. The maximum atomic E-state index is 5.28. The van der Waals surface area contributed by atoms with E-state index in [0.29, 0.717) is 11.6 Å². The Morgan fingerprint density at radius 2 is 1.07 bits per heavy atom. The average Bonchev–Trinajstić information content (AvgIpc) is 3.90. The zero-order valence-corrected chi connectivity index (χ0v) is 40.5. The van der Waals surface area contributed by atoms with Gasteiger partial charge in [0.25, 0.3) is 0 Å². The van der Waals surface area contributed by atoms with E-state index in [1.54, 1.807) is 0 Å². The van der Waals surface area contributed by atoms with Crippen LogP contribution in [-0.4, -0.2) is 21.7 Å². The SMILES string of the molecule is Cc1ccc2c(c1)Cc1cc(C)cc3c1B2c1cc2c(cc1N3c1ccccc1-c1ccccc1)C1(c3ccccc3-c3cc(-c4nc(C5=CCCCC5)nc(-c5ccccc5)n4)ccc31)c1ccccc1-2. The number of rotatable bonds is 5. The molecule has 0 saturated carbocycles. The molecule has 0 fully saturated rings. The minimum atomic E-state index is -0.581. The lowest BCUT2D eigenvalue weighted by atomic mass is 9.32. The van der Waals surface area contributed by atoms with Crippen LogP contribution in [0.2, 0.25) is 0 Å². The third-order valence-corrected chi connectivity index (χ3v) is 16.4. The number of fused-ring (bicyclic) bond motifs is 14. The van der Waals surface area contributed by atoms with Gasteiger partial charge in [-0.2, -0.15) is 0 Å². The Bertz CT molecular complexity index is 3950. The molecule has 0 amide bonds. The standard InChI is InChI=1S/C67H49BN4/c1-41-30-33-58-47(34-41)37-48-35-42(2)36-62-63(48)68(58)59-39-53-51-26-13-16-28-55(51)67(57(53)40-61(59)72(62)60-29-17-14-24-49(60)43-18-6-3-7-19-43)54-27-15-12-25-50(54)52-38-46(31-32-56(52)67)66-70-64(44-20-8-4-9-21-44)69-65(71-66)45-22-10-5-11-23-45/h3-4,6-9,12-22,24-36,38-40H,5,10-11,23,37H2,1-2H3. The molecule has 9 aromatic carbocycles. The molecular weight excluding hydrogens is 872 g/mol. The fraction of sp³-hybridized carbons (Fsp3) is 0.119. The van der Waals surface area contributed by atoms with Gasteiger partial charge in [0, 0.05) is 28.1 Å². The second kappa shape index (κ2) is 15.8. The largest absolute Gasteiger partial charge is 0.311 e. The van der Waals surface area contributed by atoms with E-state index in [1.807, 2.05) is 6.07 Å². The highest BCUT2D eigenvalue weighted by Crippen LogP contribution is 2.64. The van der Waals surface area contributed by atoms with E-state index in [9.17, 15) is 0 Å². The number of allylic oxidation sites excluding steroid dienone is 2. The van der Waals surface area contributed by atoms with E-state index in [4.69, 9.17) is 15.0 Å². The molecule has 5 aliphatic rings. The van der Waals surface area contributed by atoms with Crippen molar-refractivity contribution in [3.63, 3.8) is 0 Å². The van der Waals surface area contributed by atoms with Gasteiger partial charge in [-0.3, -0.25) is 0 Å². The Morgan fingerprint density at radius 1 is 0.431 bits per heavy atom. The average molecular weight is 921 g/mol. The second-order valence-corrected chi connectivity index (χ2v) is 20.6. The van der Waals surface area contributed by atoms with Crippen LogP contribution in [0.4, 0.5) is 17.1 Å². The van der Waals surface area contributed by atoms with E-state index in [-0.39, 0.29) is 6.71 Å². The van der Waals surface area contributed by atoms with Crippen LogP contribution in [0.25, 0.3) is 61.7 Å². The van der Waals surface area contributed by atoms with Crippen LogP contribution in [-0.2, 0) is 11.8 Å². The van der Waals surface area contributed by atoms with Gasteiger partial charge in [-0.15, -0.1) is 0 Å². The van der Waals surface area contributed by atoms with Crippen molar-refractivity contribution >= 4 is 45.7 Å². The molecule has 1 unspecified atom stereocenters. The summed E-state index contributed by atoms with van der Waals surface area (Å²) in [6.45, 7) is 4.58. The molecule has 0 radical (unpaired) electrons. The van der Waals surface area contributed by atoms with Crippen molar-refractivity contribution in [3.8, 4) is 56.2 Å². The quantitative estimate of drug-likeness (QED) is 0.161. The van der Waals surface area contributed by atoms with Gasteiger partial charge in [-0.05, 0) is 153 Å². The third kappa shape index (κ3) is 5.97. The highest BCUT2D eigenvalue weighted by Gasteiger charge is 2.53. The summed E-state index contributed by atoms with van der Waals surface area (Å²) in [7, 11) is 0. The molecule has 0 bridgehead atoms. The number of benzene rings is 9. The summed E-state index contributed by atoms with van der Waals surface area (Å²) in [5.41, 5.74) is 28.6. The van der Waals surface area contributed by atoms with Crippen molar-refractivity contribution in [3.05, 3.63) is 251 Å². The minimum absolute atomic E-state index is 0.0743. The number of aromatic nitrogens is 3. The van der Waals surface area contributed by atoms with Crippen LogP contribution >= 0.6 is 0 Å². The lowest BCUT2D eigenvalue weighted by Gasteiger charge is -2.42. The van der Waals surface area contributed by atoms with Gasteiger partial charge in [0.2, 0.25) is 6.71 Å². The second-order valence-electron chi connectivity index (χ2n) is 20.6. The van der Waals surface area contributed by atoms with Crippen molar-refractivity contribution in [1.82, 2.24) is 15.0 Å². The normalized spacial score (nSPS) is 16.3. The summed E-state index contributed by atoms with van der Waals surface area (Å²) in [4.78, 5) is 18.3. The number of anilines is 3. The Balaban J connectivity index is 0.998. The fourth-order valence-electron chi connectivity index (χ4n) is 13.5. The Morgan fingerprint density at radius 3 is 1.82 bits per heavy atom. The maximum absolute atomic E-state index is 5.28. The molecule has 0 N–H and O–H groups in total. The third-order valence-electron chi connectivity index (χ3n) is 16.4. The maximum Gasteiger partial charge on any atom is 0.247 e. The number of hydrogen-bond donors (Lipinski definition) is 0. The first-order valence-corrected chi connectivity index (χ1v) is 25.7. The zero-order valence-electron chi connectivity index (χ0n) is 40.5. The van der Waals surface area contributed by atoms with Crippen LogP contribution < -0.4 is 21.3 Å². The minimum Gasteiger partial charge on any atom is -0.311 e. The van der Waals surface area contributed by atoms with Crippen LogP contribution in [0.15, 0.2) is 200 Å². The topological polar surface area (TPSA) is 41.9 Å². The molecule has 15 rings (SSSR count). The molecule has 3 heterocycles. The van der Waals surface area contributed by atoms with Crippen LogP contribution in [0.1, 0.15) is 76.0 Å². The van der Waals surface area contributed by atoms with Crippen LogP contribution in [0.3, 0.4) is 0 Å². The Kier molecular flexibility index (Phi) is 9.08. The van der Waals surface area contributed by atoms with E-state index >= 15 is 0 Å². The number of nitrogens with zero attached hydrogens (tertiary/aromatic N) is 4. The summed E-state index contributed by atoms with van der Waals surface area (Å²) in [6.07, 6.45) is 7.64. The van der Waals surface area contributed by atoms with Crippen LogP contribution in [0.5, 0.6) is 0 Å². The van der Waals surface area contributed by atoms with E-state index in [1.165, 1.54) is 123 Å². The molecule has 4 nitrogen and oxygen atoms in total. The lowest BCUT2D eigenvalue weighted by Crippen LogP contribution is -2.61. The first kappa shape index (κ1) is 41.4. The molecule has 5 heteroatoms. The molecule has 1 aromatic heterocycles. The number of para-hydroxylation sites is 1. The van der Waals surface area contributed by atoms with E-state index in [2.05, 4.69) is 213 Å². The lowest BCUT2D eigenvalue weighted by molar-refractivity contribution is 0.736. The van der Waals surface area contributed by atoms with Gasteiger partial charge in [-0.1, -0.05) is 187 Å². The molecule has 340 valence electrons. The molecule has 10 aromatic rings. The molecule has 3 aliphatic carbocycles. The Labute approximate surface area is 421 Å². The van der Waals surface area contributed by atoms with Crippen molar-refractivity contribution in [2.75, 3.05) is 4.90 Å². The number of aryl methyl sites for hydroxylation is 2. The van der Waals surface area contributed by atoms with Gasteiger partial charge in [0.1, 0.15) is 0 Å². The van der Waals surface area contributed by atoms with Crippen LogP contribution in [0, 0.1) is 13.8 Å². The van der Waals surface area contributed by atoms with Gasteiger partial charge in [-0.25, -0.2) is 15.0 Å². The van der Waals surface area contributed by atoms with Crippen molar-refractivity contribution in [2.45, 2.75) is 51.4 Å². The molecule has 2 aliphatic heterocycles. The molecule has 0 saturated heterocycles. The first-order valence-electron chi connectivity index (χ1n) is 25.7. The zero-order chi connectivity index (χ0) is 47.7. The highest BCUT2D eigenvalue weighted by atomic mass is 15.2. The van der Waals surface area contributed by atoms with Gasteiger partial charge < -0.3 is 4.90 Å². The molecule has 72 heavy (non-hydrogen) atoms. The van der Waals surface area contributed by atoms with Gasteiger partial charge >= 0.3 is 0 Å². The smallest absolute Gasteiger partial charge is 0.247 e. The summed E-state index contributed by atoms with van der Waals surface area (Å²) < 4.78 is 0. The van der Waals surface area contributed by atoms with E-state index in [0.717, 1.165) is 42.6 Å². The van der Waals surface area contributed by atoms with Gasteiger partial charge in [0.05, 0.1) is 11.1 Å². The molecule has 1 spiro atoms. The predicted octanol–water partition coefficient (Wildman–Crippen LogP) is 14.0.